The Labute approximate surface area is 110 Å². The van der Waals surface area contributed by atoms with Gasteiger partial charge in [-0.15, -0.1) is 0 Å². The lowest BCUT2D eigenvalue weighted by molar-refractivity contribution is 0.0160. The molecule has 2 atom stereocenters. The van der Waals surface area contributed by atoms with E-state index in [0.29, 0.717) is 11.5 Å². The van der Waals surface area contributed by atoms with Crippen LogP contribution >= 0.6 is 0 Å². The molecular weight excluding hydrogens is 222 g/mol. The summed E-state index contributed by atoms with van der Waals surface area (Å²) in [6, 6.07) is 5.24. The molecule has 1 aromatic rings. The Hall–Kier alpha value is -0.760. The zero-order valence-electron chi connectivity index (χ0n) is 11.7. The molecule has 2 aliphatic rings. The molecule has 18 heavy (non-hydrogen) atoms. The van der Waals surface area contributed by atoms with Gasteiger partial charge in [0.1, 0.15) is 11.5 Å². The smallest absolute Gasteiger partial charge is 0.120 e. The highest BCUT2D eigenvalue weighted by molar-refractivity contribution is 5.11. The normalized spacial score (nSPS) is 28.0. The predicted octanol–water partition coefficient (Wildman–Crippen LogP) is 4.35. The van der Waals surface area contributed by atoms with Crippen LogP contribution in [0.15, 0.2) is 16.5 Å². The molecule has 0 radical (unpaired) electrons. The van der Waals surface area contributed by atoms with Gasteiger partial charge in [0.25, 0.3) is 0 Å². The van der Waals surface area contributed by atoms with Crippen molar-refractivity contribution in [2.45, 2.75) is 70.9 Å². The molecular formula is C16H25NO. The van der Waals surface area contributed by atoms with Gasteiger partial charge in [0, 0.05) is 6.04 Å². The molecule has 0 aliphatic heterocycles. The van der Waals surface area contributed by atoms with Gasteiger partial charge in [0.2, 0.25) is 0 Å². The summed E-state index contributed by atoms with van der Waals surface area (Å²) in [7, 11) is 0. The minimum absolute atomic E-state index is 0.350. The molecule has 0 bridgehead atoms. The fourth-order valence-electron chi connectivity index (χ4n) is 3.88. The molecule has 2 heteroatoms. The highest BCUT2D eigenvalue weighted by Gasteiger charge is 2.47. The van der Waals surface area contributed by atoms with Crippen molar-refractivity contribution < 1.29 is 4.42 Å². The molecule has 1 aromatic heterocycles. The fraction of sp³-hybridized carbons (Fsp3) is 0.750. The Bertz CT molecular complexity index is 403. The van der Waals surface area contributed by atoms with Crippen molar-refractivity contribution in [2.24, 2.45) is 5.41 Å². The van der Waals surface area contributed by atoms with Crippen molar-refractivity contribution in [1.82, 2.24) is 5.32 Å². The molecule has 0 saturated heterocycles. The molecule has 100 valence electrons. The van der Waals surface area contributed by atoms with E-state index in [9.17, 15) is 0 Å². The average molecular weight is 247 g/mol. The van der Waals surface area contributed by atoms with Crippen molar-refractivity contribution in [3.63, 3.8) is 0 Å². The molecule has 0 amide bonds. The largest absolute Gasteiger partial charge is 0.465 e. The second kappa shape index (κ2) is 4.73. The average Bonchev–Trinajstić information content (AvgIpc) is 2.82. The summed E-state index contributed by atoms with van der Waals surface area (Å²) in [6.07, 6.45) is 9.99. The van der Waals surface area contributed by atoms with Crippen molar-refractivity contribution in [2.75, 3.05) is 0 Å². The Morgan fingerprint density at radius 3 is 2.56 bits per heavy atom. The van der Waals surface area contributed by atoms with Gasteiger partial charge in [-0.3, -0.25) is 0 Å². The first-order valence-corrected chi connectivity index (χ1v) is 7.52. The third kappa shape index (κ3) is 2.11. The second-order valence-corrected chi connectivity index (χ2v) is 6.35. The first-order chi connectivity index (χ1) is 8.70. The first kappa shape index (κ1) is 12.3. The van der Waals surface area contributed by atoms with E-state index in [0.717, 1.165) is 17.6 Å². The minimum Gasteiger partial charge on any atom is -0.465 e. The zero-order valence-corrected chi connectivity index (χ0v) is 11.7. The summed E-state index contributed by atoms with van der Waals surface area (Å²) in [5, 5.41) is 3.81. The molecule has 3 rings (SSSR count). The van der Waals surface area contributed by atoms with E-state index >= 15 is 0 Å². The maximum absolute atomic E-state index is 5.73. The zero-order chi connectivity index (χ0) is 12.6. The molecule has 2 unspecified atom stereocenters. The van der Waals surface area contributed by atoms with Crippen LogP contribution in [-0.4, -0.2) is 6.04 Å². The number of furan rings is 1. The summed E-state index contributed by atoms with van der Waals surface area (Å²) < 4.78 is 5.73. The molecule has 1 N–H and O–H groups in total. The number of hydrogen-bond acceptors (Lipinski definition) is 2. The summed E-state index contributed by atoms with van der Waals surface area (Å²) in [4.78, 5) is 0. The van der Waals surface area contributed by atoms with Crippen molar-refractivity contribution in [1.29, 1.82) is 0 Å². The Balaban J connectivity index is 1.62. The molecule has 2 fully saturated rings. The van der Waals surface area contributed by atoms with Crippen LogP contribution in [0.25, 0.3) is 0 Å². The van der Waals surface area contributed by atoms with Gasteiger partial charge in [0.15, 0.2) is 0 Å². The second-order valence-electron chi connectivity index (χ2n) is 6.35. The van der Waals surface area contributed by atoms with Gasteiger partial charge in [-0.05, 0) is 57.1 Å². The fourth-order valence-corrected chi connectivity index (χ4v) is 3.88. The summed E-state index contributed by atoms with van der Waals surface area (Å²) in [6.45, 7) is 4.25. The lowest BCUT2D eigenvalue weighted by atomic mass is 9.57. The monoisotopic (exact) mass is 247 g/mol. The highest BCUT2D eigenvalue weighted by Crippen LogP contribution is 2.52. The van der Waals surface area contributed by atoms with Crippen LogP contribution in [0.3, 0.4) is 0 Å². The molecule has 2 aliphatic carbocycles. The number of rotatable bonds is 3. The molecule has 2 nitrogen and oxygen atoms in total. The van der Waals surface area contributed by atoms with Crippen LogP contribution in [0.1, 0.15) is 69.4 Å². The number of hydrogen-bond donors (Lipinski definition) is 1. The third-order valence-electron chi connectivity index (χ3n) is 5.16. The summed E-state index contributed by atoms with van der Waals surface area (Å²) >= 11 is 0. The van der Waals surface area contributed by atoms with Crippen LogP contribution in [0.5, 0.6) is 0 Å². The maximum Gasteiger partial charge on any atom is 0.120 e. The minimum atomic E-state index is 0.350. The summed E-state index contributed by atoms with van der Waals surface area (Å²) in [5.41, 5.74) is 0.633. The summed E-state index contributed by atoms with van der Waals surface area (Å²) in [5.74, 6) is 2.10. The van der Waals surface area contributed by atoms with E-state index in [1.165, 1.54) is 44.9 Å². The predicted molar refractivity (Wildman–Crippen MR) is 73.5 cm³/mol. The van der Waals surface area contributed by atoms with Crippen LogP contribution in [0.4, 0.5) is 0 Å². The van der Waals surface area contributed by atoms with Gasteiger partial charge >= 0.3 is 0 Å². The SMILES string of the molecule is Cc1ccc(C(C)NC2CCC23CCCCC3)o1. The van der Waals surface area contributed by atoms with E-state index in [4.69, 9.17) is 4.42 Å². The molecule has 2 saturated carbocycles. The molecule has 1 spiro atoms. The van der Waals surface area contributed by atoms with E-state index < -0.39 is 0 Å². The van der Waals surface area contributed by atoms with E-state index in [1.807, 2.05) is 6.92 Å². The third-order valence-corrected chi connectivity index (χ3v) is 5.16. The molecule has 1 heterocycles. The van der Waals surface area contributed by atoms with Crippen molar-refractivity contribution >= 4 is 0 Å². The van der Waals surface area contributed by atoms with Crippen LogP contribution in [-0.2, 0) is 0 Å². The quantitative estimate of drug-likeness (QED) is 0.859. The lowest BCUT2D eigenvalue weighted by Gasteiger charge is -2.53. The van der Waals surface area contributed by atoms with Crippen molar-refractivity contribution in [3.8, 4) is 0 Å². The van der Waals surface area contributed by atoms with Gasteiger partial charge in [0.05, 0.1) is 6.04 Å². The Morgan fingerprint density at radius 2 is 2.00 bits per heavy atom. The Kier molecular flexibility index (Phi) is 3.23. The van der Waals surface area contributed by atoms with Crippen LogP contribution in [0.2, 0.25) is 0 Å². The van der Waals surface area contributed by atoms with E-state index in [-0.39, 0.29) is 0 Å². The number of nitrogens with one attached hydrogen (secondary N) is 1. The van der Waals surface area contributed by atoms with Gasteiger partial charge in [-0.2, -0.15) is 0 Å². The van der Waals surface area contributed by atoms with Crippen LogP contribution in [0, 0.1) is 12.3 Å². The van der Waals surface area contributed by atoms with E-state index in [2.05, 4.69) is 24.4 Å². The maximum atomic E-state index is 5.73. The van der Waals surface area contributed by atoms with Crippen molar-refractivity contribution in [3.05, 3.63) is 23.7 Å². The standard InChI is InChI=1S/C16H25NO/c1-12-6-7-14(18-12)13(2)17-15-8-11-16(15)9-4-3-5-10-16/h6-7,13,15,17H,3-5,8-11H2,1-2H3. The topological polar surface area (TPSA) is 25.2 Å². The number of aryl methyl sites for hydroxylation is 1. The van der Waals surface area contributed by atoms with Gasteiger partial charge in [-0.1, -0.05) is 19.3 Å². The van der Waals surface area contributed by atoms with Gasteiger partial charge in [-0.25, -0.2) is 0 Å². The first-order valence-electron chi connectivity index (χ1n) is 7.52. The highest BCUT2D eigenvalue weighted by atomic mass is 16.3. The molecule has 0 aromatic carbocycles. The Morgan fingerprint density at radius 1 is 1.22 bits per heavy atom. The van der Waals surface area contributed by atoms with Gasteiger partial charge < -0.3 is 9.73 Å². The lowest BCUT2D eigenvalue weighted by Crippen LogP contribution is -2.54. The van der Waals surface area contributed by atoms with E-state index in [1.54, 1.807) is 0 Å². The van der Waals surface area contributed by atoms with Crippen LogP contribution < -0.4 is 5.32 Å².